The number of amides is 1. The van der Waals surface area contributed by atoms with Gasteiger partial charge in [-0.25, -0.2) is 9.50 Å². The van der Waals surface area contributed by atoms with Crippen molar-refractivity contribution in [3.05, 3.63) is 72.1 Å². The predicted molar refractivity (Wildman–Crippen MR) is 130 cm³/mol. The minimum atomic E-state index is -0.0557. The molecule has 0 fully saturated rings. The van der Waals surface area contributed by atoms with Gasteiger partial charge in [-0.3, -0.25) is 4.79 Å². The number of carbonyl (C=O) groups excluding carboxylic acids is 1. The first kappa shape index (κ1) is 22.7. The van der Waals surface area contributed by atoms with E-state index in [1.54, 1.807) is 24.9 Å². The lowest BCUT2D eigenvalue weighted by molar-refractivity contribution is -0.119. The van der Waals surface area contributed by atoms with E-state index in [-0.39, 0.29) is 17.7 Å². The normalized spacial score (nSPS) is 11.9. The summed E-state index contributed by atoms with van der Waals surface area (Å²) in [7, 11) is 3.22. The quantitative estimate of drug-likeness (QED) is 0.302. The van der Waals surface area contributed by atoms with Gasteiger partial charge >= 0.3 is 0 Å². The summed E-state index contributed by atoms with van der Waals surface area (Å²) in [6, 6.07) is 17.5. The van der Waals surface area contributed by atoms with Crippen LogP contribution in [0.2, 0.25) is 0 Å². The summed E-state index contributed by atoms with van der Waals surface area (Å²) >= 11 is 1.44. The fourth-order valence-corrected chi connectivity index (χ4v) is 4.48. The van der Waals surface area contributed by atoms with Crippen molar-refractivity contribution in [3.8, 4) is 22.6 Å². The molecule has 0 spiro atoms. The third kappa shape index (κ3) is 4.96. The Morgan fingerprint density at radius 1 is 1.09 bits per heavy atom. The zero-order valence-electron chi connectivity index (χ0n) is 19.0. The molecule has 0 bridgehead atoms. The van der Waals surface area contributed by atoms with Gasteiger partial charge in [0.25, 0.3) is 0 Å². The molecule has 7 nitrogen and oxygen atoms in total. The second kappa shape index (κ2) is 9.95. The maximum Gasteiger partial charge on any atom is 0.230 e. The number of aryl methyl sites for hydroxylation is 1. The van der Waals surface area contributed by atoms with E-state index in [2.05, 4.69) is 10.4 Å². The highest BCUT2D eigenvalue weighted by Gasteiger charge is 2.16. The first-order valence-electron chi connectivity index (χ1n) is 10.5. The number of aromatic nitrogens is 3. The highest BCUT2D eigenvalue weighted by Crippen LogP contribution is 2.34. The smallest absolute Gasteiger partial charge is 0.230 e. The van der Waals surface area contributed by atoms with Crippen LogP contribution in [-0.4, -0.2) is 40.5 Å². The molecule has 1 atom stereocenters. The van der Waals surface area contributed by atoms with Gasteiger partial charge in [-0.15, -0.1) is 0 Å². The van der Waals surface area contributed by atoms with Crippen molar-refractivity contribution in [1.29, 1.82) is 0 Å². The van der Waals surface area contributed by atoms with Gasteiger partial charge in [-0.2, -0.15) is 5.10 Å². The van der Waals surface area contributed by atoms with Crippen molar-refractivity contribution in [3.63, 3.8) is 0 Å². The van der Waals surface area contributed by atoms with E-state index < -0.39 is 0 Å². The van der Waals surface area contributed by atoms with Crippen LogP contribution in [0, 0.1) is 6.92 Å². The number of ether oxygens (including phenoxy) is 2. The van der Waals surface area contributed by atoms with Gasteiger partial charge < -0.3 is 14.8 Å². The zero-order chi connectivity index (χ0) is 23.4. The van der Waals surface area contributed by atoms with Crippen molar-refractivity contribution in [2.24, 2.45) is 0 Å². The van der Waals surface area contributed by atoms with Crippen LogP contribution in [0.5, 0.6) is 11.5 Å². The Morgan fingerprint density at radius 3 is 2.58 bits per heavy atom. The number of carbonyl (C=O) groups is 1. The molecule has 0 aliphatic carbocycles. The Labute approximate surface area is 197 Å². The number of methoxy groups -OCH3 is 2. The SMILES string of the molecule is COc1ccc(-c2cnn3c(SCC(=O)NC(C)c4ccccc4)cc(C)nc23)cc1OC. The topological polar surface area (TPSA) is 77.8 Å². The van der Waals surface area contributed by atoms with Gasteiger partial charge in [-0.05, 0) is 43.2 Å². The van der Waals surface area contributed by atoms with Crippen molar-refractivity contribution >= 4 is 23.3 Å². The van der Waals surface area contributed by atoms with Gasteiger partial charge in [0.2, 0.25) is 5.91 Å². The molecule has 1 N–H and O–H groups in total. The summed E-state index contributed by atoms with van der Waals surface area (Å²) in [5, 5.41) is 8.46. The molecule has 4 aromatic rings. The summed E-state index contributed by atoms with van der Waals surface area (Å²) in [4.78, 5) is 17.3. The van der Waals surface area contributed by atoms with Crippen LogP contribution in [0.3, 0.4) is 0 Å². The Morgan fingerprint density at radius 2 is 1.85 bits per heavy atom. The number of nitrogens with zero attached hydrogens (tertiary/aromatic N) is 3. The molecule has 0 saturated carbocycles. The molecule has 0 saturated heterocycles. The third-order valence-electron chi connectivity index (χ3n) is 5.29. The monoisotopic (exact) mass is 462 g/mol. The molecule has 1 amide bonds. The number of nitrogens with one attached hydrogen (secondary N) is 1. The van der Waals surface area contributed by atoms with Crippen LogP contribution in [0.4, 0.5) is 0 Å². The first-order chi connectivity index (χ1) is 16.0. The number of hydrogen-bond donors (Lipinski definition) is 1. The Bertz CT molecular complexity index is 1270. The second-order valence-electron chi connectivity index (χ2n) is 7.59. The molecular weight excluding hydrogens is 436 g/mol. The van der Waals surface area contributed by atoms with E-state index in [0.29, 0.717) is 11.5 Å². The van der Waals surface area contributed by atoms with Crippen LogP contribution in [0.15, 0.2) is 65.8 Å². The molecule has 8 heteroatoms. The summed E-state index contributed by atoms with van der Waals surface area (Å²) < 4.78 is 12.6. The molecular formula is C25H26N4O3S. The fourth-order valence-electron chi connectivity index (χ4n) is 3.61. The average Bonchev–Trinajstić information content (AvgIpc) is 3.26. The highest BCUT2D eigenvalue weighted by atomic mass is 32.2. The summed E-state index contributed by atoms with van der Waals surface area (Å²) in [6.45, 7) is 3.92. The highest BCUT2D eigenvalue weighted by molar-refractivity contribution is 7.99. The van der Waals surface area contributed by atoms with E-state index in [0.717, 1.165) is 33.1 Å². The van der Waals surface area contributed by atoms with E-state index in [9.17, 15) is 4.79 Å². The number of hydrogen-bond acceptors (Lipinski definition) is 6. The Hall–Kier alpha value is -3.52. The molecule has 2 heterocycles. The van der Waals surface area contributed by atoms with E-state index in [4.69, 9.17) is 14.5 Å². The Kier molecular flexibility index (Phi) is 6.84. The minimum absolute atomic E-state index is 0.0359. The van der Waals surface area contributed by atoms with Gasteiger partial charge in [0.05, 0.1) is 32.2 Å². The van der Waals surface area contributed by atoms with Crippen LogP contribution >= 0.6 is 11.8 Å². The number of fused-ring (bicyclic) bond motifs is 1. The van der Waals surface area contributed by atoms with E-state index >= 15 is 0 Å². The van der Waals surface area contributed by atoms with Crippen molar-refractivity contribution in [2.75, 3.05) is 20.0 Å². The third-order valence-corrected chi connectivity index (χ3v) is 6.28. The summed E-state index contributed by atoms with van der Waals surface area (Å²) in [5.74, 6) is 1.54. The van der Waals surface area contributed by atoms with Crippen molar-refractivity contribution < 1.29 is 14.3 Å². The van der Waals surface area contributed by atoms with Gasteiger partial charge in [0.15, 0.2) is 17.1 Å². The van der Waals surface area contributed by atoms with Crippen LogP contribution in [-0.2, 0) is 4.79 Å². The van der Waals surface area contributed by atoms with E-state index in [1.165, 1.54) is 11.8 Å². The largest absolute Gasteiger partial charge is 0.493 e. The second-order valence-corrected chi connectivity index (χ2v) is 8.58. The van der Waals surface area contributed by atoms with Crippen molar-refractivity contribution in [1.82, 2.24) is 19.9 Å². The van der Waals surface area contributed by atoms with Crippen molar-refractivity contribution in [2.45, 2.75) is 24.9 Å². The van der Waals surface area contributed by atoms with Crippen LogP contribution < -0.4 is 14.8 Å². The zero-order valence-corrected chi connectivity index (χ0v) is 19.8. The molecule has 1 unspecified atom stereocenters. The van der Waals surface area contributed by atoms with Gasteiger partial charge in [0.1, 0.15) is 5.03 Å². The maximum atomic E-state index is 12.6. The Balaban J connectivity index is 1.55. The molecule has 0 radical (unpaired) electrons. The molecule has 33 heavy (non-hydrogen) atoms. The number of thioether (sulfide) groups is 1. The number of rotatable bonds is 8. The first-order valence-corrected chi connectivity index (χ1v) is 11.5. The lowest BCUT2D eigenvalue weighted by atomic mass is 10.1. The molecule has 170 valence electrons. The van der Waals surface area contributed by atoms with E-state index in [1.807, 2.05) is 68.4 Å². The average molecular weight is 463 g/mol. The lowest BCUT2D eigenvalue weighted by Crippen LogP contribution is -2.28. The minimum Gasteiger partial charge on any atom is -0.493 e. The van der Waals surface area contributed by atoms with Crippen LogP contribution in [0.1, 0.15) is 24.2 Å². The van der Waals surface area contributed by atoms with Crippen LogP contribution in [0.25, 0.3) is 16.8 Å². The summed E-state index contributed by atoms with van der Waals surface area (Å²) in [6.07, 6.45) is 1.78. The standard InChI is InChI=1S/C25H26N4O3S/c1-16-12-24(33-15-23(30)28-17(2)18-8-6-5-7-9-18)29-25(27-16)20(14-26-29)19-10-11-21(31-3)22(13-19)32-4/h5-14,17H,15H2,1-4H3,(H,28,30). The predicted octanol–water partition coefficient (Wildman–Crippen LogP) is 4.69. The lowest BCUT2D eigenvalue weighted by Gasteiger charge is -2.14. The number of benzene rings is 2. The molecule has 4 rings (SSSR count). The molecule has 0 aliphatic heterocycles. The fraction of sp³-hybridized carbons (Fsp3) is 0.240. The van der Waals surface area contributed by atoms with Gasteiger partial charge in [0, 0.05) is 11.3 Å². The molecule has 2 aromatic heterocycles. The van der Waals surface area contributed by atoms with Gasteiger partial charge in [-0.1, -0.05) is 48.2 Å². The maximum absolute atomic E-state index is 12.6. The molecule has 0 aliphatic rings. The summed E-state index contributed by atoms with van der Waals surface area (Å²) in [5.41, 5.74) is 4.45. The molecule has 2 aromatic carbocycles.